The van der Waals surface area contributed by atoms with Crippen LogP contribution in [0, 0.1) is 10.1 Å². The minimum Gasteiger partial charge on any atom is -0.488 e. The Kier molecular flexibility index (Phi) is 3.75. The maximum absolute atomic E-state index is 10.5. The van der Waals surface area contributed by atoms with E-state index in [4.69, 9.17) is 4.74 Å². The van der Waals surface area contributed by atoms with Gasteiger partial charge in [0.25, 0.3) is 0 Å². The Labute approximate surface area is 110 Å². The molecule has 4 nitrogen and oxygen atoms in total. The van der Waals surface area contributed by atoms with Crippen molar-refractivity contribution in [1.82, 2.24) is 0 Å². The summed E-state index contributed by atoms with van der Waals surface area (Å²) in [7, 11) is 0. The lowest BCUT2D eigenvalue weighted by atomic mass is 10.3. The van der Waals surface area contributed by atoms with Crippen LogP contribution in [0.25, 0.3) is 0 Å². The Morgan fingerprint density at radius 1 is 1.41 bits per heavy atom. The summed E-state index contributed by atoms with van der Waals surface area (Å²) in [6, 6.07) is 9.01. The van der Waals surface area contributed by atoms with E-state index in [0.717, 1.165) is 27.1 Å². The van der Waals surface area contributed by atoms with Gasteiger partial charge in [0.05, 0.1) is 9.40 Å². The van der Waals surface area contributed by atoms with E-state index in [1.807, 2.05) is 24.3 Å². The minimum atomic E-state index is -0.396. The topological polar surface area (TPSA) is 52.4 Å². The normalized spacial score (nSPS) is 10.2. The van der Waals surface area contributed by atoms with Crippen molar-refractivity contribution in [3.63, 3.8) is 0 Å². The van der Waals surface area contributed by atoms with E-state index in [-0.39, 0.29) is 5.00 Å². The molecule has 0 unspecified atom stereocenters. The van der Waals surface area contributed by atoms with Crippen LogP contribution >= 0.6 is 27.3 Å². The third kappa shape index (κ3) is 3.04. The monoisotopic (exact) mass is 313 g/mol. The number of thiophene rings is 1. The fraction of sp³-hybridized carbons (Fsp3) is 0.0909. The van der Waals surface area contributed by atoms with Gasteiger partial charge < -0.3 is 4.74 Å². The van der Waals surface area contributed by atoms with E-state index in [1.165, 1.54) is 6.07 Å². The first-order valence-corrected chi connectivity index (χ1v) is 6.43. The van der Waals surface area contributed by atoms with Gasteiger partial charge in [-0.2, -0.15) is 0 Å². The van der Waals surface area contributed by atoms with E-state index in [1.54, 1.807) is 5.38 Å². The Balaban J connectivity index is 2.02. The summed E-state index contributed by atoms with van der Waals surface area (Å²) >= 11 is 4.47. The zero-order chi connectivity index (χ0) is 12.3. The van der Waals surface area contributed by atoms with E-state index in [9.17, 15) is 10.1 Å². The van der Waals surface area contributed by atoms with Crippen molar-refractivity contribution in [2.24, 2.45) is 0 Å². The highest BCUT2D eigenvalue weighted by molar-refractivity contribution is 9.10. The molecule has 0 N–H and O–H groups in total. The standard InChI is InChI=1S/C11H8BrNO3S/c12-9-3-1-2-4-10(9)16-6-8-5-11(13(14)15)17-7-8/h1-5,7H,6H2. The lowest BCUT2D eigenvalue weighted by Crippen LogP contribution is -1.94. The lowest BCUT2D eigenvalue weighted by molar-refractivity contribution is -0.380. The van der Waals surface area contributed by atoms with Crippen molar-refractivity contribution in [2.45, 2.75) is 6.61 Å². The maximum atomic E-state index is 10.5. The van der Waals surface area contributed by atoms with Crippen molar-refractivity contribution in [3.8, 4) is 5.75 Å². The highest BCUT2D eigenvalue weighted by Gasteiger charge is 2.10. The second kappa shape index (κ2) is 5.29. The molecule has 88 valence electrons. The minimum absolute atomic E-state index is 0.135. The van der Waals surface area contributed by atoms with E-state index in [2.05, 4.69) is 15.9 Å². The van der Waals surface area contributed by atoms with Gasteiger partial charge in [0.2, 0.25) is 0 Å². The van der Waals surface area contributed by atoms with Crippen molar-refractivity contribution in [3.05, 3.63) is 55.9 Å². The summed E-state index contributed by atoms with van der Waals surface area (Å²) in [4.78, 5) is 10.1. The smallest absolute Gasteiger partial charge is 0.324 e. The van der Waals surface area contributed by atoms with Crippen LogP contribution in [0.1, 0.15) is 5.56 Å². The van der Waals surface area contributed by atoms with Gasteiger partial charge >= 0.3 is 5.00 Å². The molecule has 0 radical (unpaired) electrons. The second-order valence-corrected chi connectivity index (χ2v) is 5.01. The Morgan fingerprint density at radius 2 is 2.18 bits per heavy atom. The molecule has 0 aliphatic carbocycles. The van der Waals surface area contributed by atoms with Crippen LogP contribution in [0.3, 0.4) is 0 Å². The highest BCUT2D eigenvalue weighted by Crippen LogP contribution is 2.27. The van der Waals surface area contributed by atoms with Crippen molar-refractivity contribution in [1.29, 1.82) is 0 Å². The number of halogens is 1. The molecule has 0 spiro atoms. The van der Waals surface area contributed by atoms with Gasteiger partial charge in [0.1, 0.15) is 12.4 Å². The summed E-state index contributed by atoms with van der Waals surface area (Å²) in [5.41, 5.74) is 0.803. The Hall–Kier alpha value is -1.40. The highest BCUT2D eigenvalue weighted by atomic mass is 79.9. The number of para-hydroxylation sites is 1. The average Bonchev–Trinajstić information content (AvgIpc) is 2.77. The van der Waals surface area contributed by atoms with Crippen LogP contribution in [0.15, 0.2) is 40.2 Å². The van der Waals surface area contributed by atoms with Gasteiger partial charge in [-0.15, -0.1) is 0 Å². The van der Waals surface area contributed by atoms with Crippen LogP contribution in [0.5, 0.6) is 5.75 Å². The summed E-state index contributed by atoms with van der Waals surface area (Å²) in [6.45, 7) is 0.326. The molecule has 2 rings (SSSR count). The Morgan fingerprint density at radius 3 is 2.82 bits per heavy atom. The maximum Gasteiger partial charge on any atom is 0.324 e. The van der Waals surface area contributed by atoms with Crippen LogP contribution in [-0.2, 0) is 6.61 Å². The summed E-state index contributed by atoms with van der Waals surface area (Å²) in [5.74, 6) is 0.723. The predicted octanol–water partition coefficient (Wildman–Crippen LogP) is 4.00. The van der Waals surface area contributed by atoms with E-state index >= 15 is 0 Å². The molecule has 0 fully saturated rings. The zero-order valence-electron chi connectivity index (χ0n) is 8.63. The fourth-order valence-corrected chi connectivity index (χ4v) is 2.37. The van der Waals surface area contributed by atoms with Crippen LogP contribution in [0.4, 0.5) is 5.00 Å². The van der Waals surface area contributed by atoms with Gasteiger partial charge in [0, 0.05) is 17.0 Å². The number of ether oxygens (including phenoxy) is 1. The van der Waals surface area contributed by atoms with Crippen LogP contribution in [-0.4, -0.2) is 4.92 Å². The third-order valence-corrected chi connectivity index (χ3v) is 3.63. The van der Waals surface area contributed by atoms with Gasteiger partial charge in [-0.3, -0.25) is 10.1 Å². The number of hydrogen-bond donors (Lipinski definition) is 0. The van der Waals surface area contributed by atoms with Gasteiger partial charge in [-0.1, -0.05) is 23.5 Å². The molecule has 0 amide bonds. The molecule has 1 aromatic carbocycles. The first-order valence-electron chi connectivity index (χ1n) is 4.76. The second-order valence-electron chi connectivity index (χ2n) is 3.27. The molecule has 0 bridgehead atoms. The number of benzene rings is 1. The third-order valence-electron chi connectivity index (χ3n) is 2.05. The molecule has 17 heavy (non-hydrogen) atoms. The first kappa shape index (κ1) is 12.1. The van der Waals surface area contributed by atoms with Crippen molar-refractivity contribution < 1.29 is 9.66 Å². The quantitative estimate of drug-likeness (QED) is 0.633. The largest absolute Gasteiger partial charge is 0.488 e. The molecule has 0 aliphatic heterocycles. The van der Waals surface area contributed by atoms with Crippen molar-refractivity contribution in [2.75, 3.05) is 0 Å². The Bertz CT molecular complexity index is 541. The molecule has 0 saturated carbocycles. The molecule has 0 saturated heterocycles. The van der Waals surface area contributed by atoms with Gasteiger partial charge in [-0.25, -0.2) is 0 Å². The lowest BCUT2D eigenvalue weighted by Gasteiger charge is -2.05. The summed E-state index contributed by atoms with van der Waals surface area (Å²) in [6.07, 6.45) is 0. The molecular weight excluding hydrogens is 306 g/mol. The van der Waals surface area contributed by atoms with Gasteiger partial charge in [-0.05, 0) is 28.1 Å². The number of nitro groups is 1. The van der Waals surface area contributed by atoms with Gasteiger partial charge in [0.15, 0.2) is 0 Å². The molecule has 1 aromatic heterocycles. The molecule has 6 heteroatoms. The van der Waals surface area contributed by atoms with Crippen molar-refractivity contribution >= 4 is 32.3 Å². The molecule has 0 atom stereocenters. The summed E-state index contributed by atoms with van der Waals surface area (Å²) < 4.78 is 6.42. The zero-order valence-corrected chi connectivity index (χ0v) is 11.0. The number of hydrogen-bond acceptors (Lipinski definition) is 4. The number of rotatable bonds is 4. The molecule has 2 aromatic rings. The summed E-state index contributed by atoms with van der Waals surface area (Å²) in [5, 5.41) is 12.4. The molecule has 1 heterocycles. The van der Waals surface area contributed by atoms with Crippen LogP contribution in [0.2, 0.25) is 0 Å². The van der Waals surface area contributed by atoms with E-state index in [0.29, 0.717) is 6.61 Å². The number of nitrogens with zero attached hydrogens (tertiary/aromatic N) is 1. The predicted molar refractivity (Wildman–Crippen MR) is 69.4 cm³/mol. The fourth-order valence-electron chi connectivity index (χ4n) is 1.26. The average molecular weight is 314 g/mol. The first-order chi connectivity index (χ1) is 8.16. The van der Waals surface area contributed by atoms with Crippen LogP contribution < -0.4 is 4.74 Å². The molecule has 0 aliphatic rings. The molecular formula is C11H8BrNO3S. The SMILES string of the molecule is O=[N+]([O-])c1cc(COc2ccccc2Br)cs1. The van der Waals surface area contributed by atoms with E-state index < -0.39 is 4.92 Å².